The summed E-state index contributed by atoms with van der Waals surface area (Å²) in [6.45, 7) is 1.47. The first-order valence-corrected chi connectivity index (χ1v) is 9.84. The van der Waals surface area contributed by atoms with Crippen LogP contribution in [-0.2, 0) is 19.5 Å². The molecule has 0 amide bonds. The van der Waals surface area contributed by atoms with Crippen LogP contribution in [0.1, 0.15) is 17.5 Å². The maximum absolute atomic E-state index is 13.6. The molecule has 28 heavy (non-hydrogen) atoms. The van der Waals surface area contributed by atoms with E-state index in [4.69, 9.17) is 0 Å². The molecule has 1 aliphatic rings. The molecule has 3 aromatic carbocycles. The van der Waals surface area contributed by atoms with Gasteiger partial charge in [0.1, 0.15) is 0 Å². The zero-order valence-electron chi connectivity index (χ0n) is 15.7. The molecular formula is C25H22N2O. The van der Waals surface area contributed by atoms with Crippen molar-refractivity contribution in [2.45, 2.75) is 25.9 Å². The predicted octanol–water partition coefficient (Wildman–Crippen LogP) is 5.23. The molecule has 1 N–H and O–H groups in total. The van der Waals surface area contributed by atoms with Gasteiger partial charge in [-0.1, -0.05) is 78.9 Å². The summed E-state index contributed by atoms with van der Waals surface area (Å²) in [6, 6.07) is 26.7. The second-order valence-corrected chi connectivity index (χ2v) is 7.33. The third-order valence-corrected chi connectivity index (χ3v) is 5.57. The maximum atomic E-state index is 13.6. The highest BCUT2D eigenvalue weighted by Crippen LogP contribution is 2.35. The predicted molar refractivity (Wildman–Crippen MR) is 116 cm³/mol. The van der Waals surface area contributed by atoms with Crippen LogP contribution in [-0.4, -0.2) is 4.57 Å². The summed E-state index contributed by atoms with van der Waals surface area (Å²) < 4.78 is 1.98. The minimum Gasteiger partial charge on any atom is -0.380 e. The molecule has 0 aliphatic carbocycles. The van der Waals surface area contributed by atoms with Crippen LogP contribution in [0.4, 0.5) is 5.69 Å². The van der Waals surface area contributed by atoms with Gasteiger partial charge in [0.05, 0.1) is 16.8 Å². The van der Waals surface area contributed by atoms with E-state index >= 15 is 0 Å². The number of hydrogen-bond acceptors (Lipinski definition) is 2. The first kappa shape index (κ1) is 16.8. The van der Waals surface area contributed by atoms with Crippen molar-refractivity contribution in [1.82, 2.24) is 4.57 Å². The number of aryl methyl sites for hydroxylation is 2. The third kappa shape index (κ3) is 2.80. The summed E-state index contributed by atoms with van der Waals surface area (Å²) in [5.41, 5.74) is 6.32. The fraction of sp³-hybridized carbons (Fsp3) is 0.160. The van der Waals surface area contributed by atoms with Crippen LogP contribution in [0, 0.1) is 0 Å². The zero-order valence-corrected chi connectivity index (χ0v) is 15.7. The minimum absolute atomic E-state index is 0.0985. The zero-order chi connectivity index (χ0) is 18.9. The highest BCUT2D eigenvalue weighted by molar-refractivity contribution is 6.01. The molecule has 0 fully saturated rings. The Morgan fingerprint density at radius 2 is 1.61 bits per heavy atom. The summed E-state index contributed by atoms with van der Waals surface area (Å²) in [4.78, 5) is 13.6. The molecule has 3 nitrogen and oxygen atoms in total. The normalized spacial score (nSPS) is 12.9. The first-order valence-electron chi connectivity index (χ1n) is 9.84. The maximum Gasteiger partial charge on any atom is 0.261 e. The Bertz CT molecular complexity index is 1190. The van der Waals surface area contributed by atoms with Gasteiger partial charge < -0.3 is 9.88 Å². The van der Waals surface area contributed by atoms with Gasteiger partial charge in [0.2, 0.25) is 0 Å². The van der Waals surface area contributed by atoms with E-state index in [2.05, 4.69) is 35.6 Å². The van der Waals surface area contributed by atoms with E-state index in [1.165, 1.54) is 11.1 Å². The van der Waals surface area contributed by atoms with Gasteiger partial charge in [-0.2, -0.15) is 0 Å². The van der Waals surface area contributed by atoms with Crippen molar-refractivity contribution in [3.8, 4) is 11.1 Å². The third-order valence-electron chi connectivity index (χ3n) is 5.57. The van der Waals surface area contributed by atoms with Gasteiger partial charge in [-0.05, 0) is 29.5 Å². The lowest BCUT2D eigenvalue weighted by molar-refractivity contribution is 0.617. The second-order valence-electron chi connectivity index (χ2n) is 7.33. The number of nitrogens with one attached hydrogen (secondary N) is 1. The van der Waals surface area contributed by atoms with Crippen LogP contribution in [0.25, 0.3) is 22.0 Å². The molecule has 0 radical (unpaired) electrons. The molecule has 0 saturated carbocycles. The fourth-order valence-corrected chi connectivity index (χ4v) is 4.28. The number of nitrogens with zero attached hydrogens (tertiary/aromatic N) is 1. The Hall–Kier alpha value is -3.33. The van der Waals surface area contributed by atoms with Crippen molar-refractivity contribution in [3.05, 3.63) is 100 Å². The first-order chi connectivity index (χ1) is 13.8. The summed E-state index contributed by atoms with van der Waals surface area (Å²) in [6.07, 6.45) is 2.04. The van der Waals surface area contributed by atoms with E-state index in [1.807, 2.05) is 53.1 Å². The van der Waals surface area contributed by atoms with Crippen LogP contribution in [0.3, 0.4) is 0 Å². The Labute approximate surface area is 164 Å². The molecule has 1 aromatic heterocycles. The van der Waals surface area contributed by atoms with Gasteiger partial charge >= 0.3 is 0 Å². The molecule has 0 spiro atoms. The van der Waals surface area contributed by atoms with Gasteiger partial charge in [0.15, 0.2) is 0 Å². The molecule has 0 unspecified atom stereocenters. The highest BCUT2D eigenvalue weighted by Gasteiger charge is 2.21. The quantitative estimate of drug-likeness (QED) is 0.537. The van der Waals surface area contributed by atoms with E-state index in [9.17, 15) is 4.79 Å². The Kier molecular flexibility index (Phi) is 4.21. The Morgan fingerprint density at radius 3 is 2.39 bits per heavy atom. The topological polar surface area (TPSA) is 34.0 Å². The van der Waals surface area contributed by atoms with Crippen molar-refractivity contribution in [2.75, 3.05) is 5.32 Å². The number of benzene rings is 3. The Morgan fingerprint density at radius 1 is 0.857 bits per heavy atom. The highest BCUT2D eigenvalue weighted by atomic mass is 16.1. The average molecular weight is 366 g/mol. The van der Waals surface area contributed by atoms with Gasteiger partial charge in [0.25, 0.3) is 5.56 Å². The summed E-state index contributed by atoms with van der Waals surface area (Å²) in [5.74, 6) is 0. The Balaban J connectivity index is 1.76. The van der Waals surface area contributed by atoms with Gasteiger partial charge in [-0.3, -0.25) is 4.79 Å². The van der Waals surface area contributed by atoms with Crippen LogP contribution in [0.2, 0.25) is 0 Å². The van der Waals surface area contributed by atoms with E-state index in [0.717, 1.165) is 47.1 Å². The number of anilines is 1. The number of para-hydroxylation sites is 1. The smallest absolute Gasteiger partial charge is 0.261 e. The van der Waals surface area contributed by atoms with Gasteiger partial charge in [-0.25, -0.2) is 0 Å². The van der Waals surface area contributed by atoms with Crippen LogP contribution < -0.4 is 10.9 Å². The lowest BCUT2D eigenvalue weighted by atomic mass is 9.96. The second kappa shape index (κ2) is 7.01. The molecule has 2 heterocycles. The SMILES string of the molecule is O=c1c(-c2ccccc2)c(NCc2ccccc2)c2cccc3c2n1CCC3. The monoisotopic (exact) mass is 366 g/mol. The molecule has 0 saturated heterocycles. The standard InChI is InChI=1S/C25H22N2O/c28-25-22(19-11-5-2-6-12-19)23(26-17-18-9-3-1-4-10-18)21-15-7-13-20-14-8-16-27(25)24(20)21/h1-7,9-13,15,26H,8,14,16-17H2. The molecule has 5 rings (SSSR count). The van der Waals surface area contributed by atoms with E-state index < -0.39 is 0 Å². The minimum atomic E-state index is 0.0985. The summed E-state index contributed by atoms with van der Waals surface area (Å²) in [7, 11) is 0. The number of rotatable bonds is 4. The molecule has 1 aliphatic heterocycles. The molecule has 0 bridgehead atoms. The largest absolute Gasteiger partial charge is 0.380 e. The summed E-state index contributed by atoms with van der Waals surface area (Å²) >= 11 is 0. The van der Waals surface area contributed by atoms with Crippen molar-refractivity contribution in [3.63, 3.8) is 0 Å². The van der Waals surface area contributed by atoms with Crippen LogP contribution in [0.15, 0.2) is 83.7 Å². The van der Waals surface area contributed by atoms with Crippen molar-refractivity contribution >= 4 is 16.6 Å². The molecule has 0 atom stereocenters. The van der Waals surface area contributed by atoms with E-state index in [1.54, 1.807) is 0 Å². The summed E-state index contributed by atoms with van der Waals surface area (Å²) in [5, 5.41) is 4.73. The lowest BCUT2D eigenvalue weighted by Gasteiger charge is -2.24. The van der Waals surface area contributed by atoms with E-state index in [0.29, 0.717) is 6.54 Å². The van der Waals surface area contributed by atoms with Gasteiger partial charge in [0, 0.05) is 18.5 Å². The molecule has 4 aromatic rings. The van der Waals surface area contributed by atoms with Crippen LogP contribution >= 0.6 is 0 Å². The average Bonchev–Trinajstić information content (AvgIpc) is 2.76. The van der Waals surface area contributed by atoms with E-state index in [-0.39, 0.29) is 5.56 Å². The fourth-order valence-electron chi connectivity index (χ4n) is 4.28. The van der Waals surface area contributed by atoms with Crippen molar-refractivity contribution in [2.24, 2.45) is 0 Å². The number of hydrogen-bond donors (Lipinski definition) is 1. The number of aromatic nitrogens is 1. The van der Waals surface area contributed by atoms with Crippen molar-refractivity contribution < 1.29 is 0 Å². The van der Waals surface area contributed by atoms with Crippen LogP contribution in [0.5, 0.6) is 0 Å². The molecular weight excluding hydrogens is 344 g/mol. The number of pyridine rings is 1. The van der Waals surface area contributed by atoms with Crippen molar-refractivity contribution in [1.29, 1.82) is 0 Å². The lowest BCUT2D eigenvalue weighted by Crippen LogP contribution is -2.27. The van der Waals surface area contributed by atoms with Gasteiger partial charge in [-0.15, -0.1) is 0 Å². The molecule has 3 heteroatoms. The molecule has 138 valence electrons.